The van der Waals surface area contributed by atoms with Gasteiger partial charge in [-0.15, -0.1) is 0 Å². The molecule has 2 heterocycles. The monoisotopic (exact) mass is 461 g/mol. The maximum absolute atomic E-state index is 13.1. The van der Waals surface area contributed by atoms with Gasteiger partial charge < -0.3 is 14.2 Å². The molecule has 0 aliphatic carbocycles. The van der Waals surface area contributed by atoms with E-state index in [0.29, 0.717) is 29.6 Å². The molecule has 0 amide bonds. The van der Waals surface area contributed by atoms with Crippen molar-refractivity contribution < 1.29 is 19.0 Å². The first kappa shape index (κ1) is 21.6. The minimum Gasteiger partial charge on any atom is -0.496 e. The van der Waals surface area contributed by atoms with E-state index in [9.17, 15) is 4.79 Å². The molecule has 0 N–H and O–H groups in total. The van der Waals surface area contributed by atoms with Gasteiger partial charge in [0.15, 0.2) is 5.76 Å². The summed E-state index contributed by atoms with van der Waals surface area (Å²) in [5.74, 6) is 2.40. The normalized spacial score (nSPS) is 16.2. The number of ether oxygens (including phenoxy) is 3. The van der Waals surface area contributed by atoms with Crippen LogP contribution in [0.3, 0.4) is 0 Å². The third-order valence-corrected chi connectivity index (χ3v) is 6.43. The maximum atomic E-state index is 13.1. The molecule has 0 saturated heterocycles. The summed E-state index contributed by atoms with van der Waals surface area (Å²) < 4.78 is 17.6. The summed E-state index contributed by atoms with van der Waals surface area (Å²) in [5.41, 5.74) is 4.32. The fourth-order valence-corrected chi connectivity index (χ4v) is 4.55. The number of rotatable bonds is 5. The smallest absolute Gasteiger partial charge is 0.231 e. The number of hydrogen-bond acceptors (Lipinski definition) is 5. The molecule has 0 bridgehead atoms. The summed E-state index contributed by atoms with van der Waals surface area (Å²) >= 11 is 6.26. The number of para-hydroxylation sites is 1. The summed E-state index contributed by atoms with van der Waals surface area (Å²) in [6, 6.07) is 17.3. The van der Waals surface area contributed by atoms with Crippen LogP contribution in [-0.4, -0.2) is 31.1 Å². The van der Waals surface area contributed by atoms with Crippen LogP contribution in [0.1, 0.15) is 32.6 Å². The molecule has 0 fully saturated rings. The van der Waals surface area contributed by atoms with Gasteiger partial charge in [-0.2, -0.15) is 0 Å². The van der Waals surface area contributed by atoms with Crippen LogP contribution >= 0.6 is 11.6 Å². The fraction of sp³-hybridized carbons (Fsp3) is 0.222. The number of halogens is 1. The number of nitrogens with zero attached hydrogens (tertiary/aromatic N) is 1. The number of allylic oxidation sites excluding steroid dienone is 1. The molecule has 0 aromatic heterocycles. The van der Waals surface area contributed by atoms with Gasteiger partial charge in [0.05, 0.1) is 12.7 Å². The zero-order valence-electron chi connectivity index (χ0n) is 18.6. The van der Waals surface area contributed by atoms with Gasteiger partial charge >= 0.3 is 0 Å². The molecule has 33 heavy (non-hydrogen) atoms. The van der Waals surface area contributed by atoms with E-state index in [0.717, 1.165) is 46.7 Å². The highest BCUT2D eigenvalue weighted by Gasteiger charge is 2.33. The van der Waals surface area contributed by atoms with Gasteiger partial charge in [-0.25, -0.2) is 0 Å². The van der Waals surface area contributed by atoms with Crippen molar-refractivity contribution in [2.24, 2.45) is 0 Å². The van der Waals surface area contributed by atoms with Crippen LogP contribution in [0.2, 0.25) is 5.02 Å². The third kappa shape index (κ3) is 4.10. The Morgan fingerprint density at radius 3 is 2.73 bits per heavy atom. The molecule has 5 nitrogen and oxygen atoms in total. The molecule has 3 aromatic carbocycles. The van der Waals surface area contributed by atoms with Gasteiger partial charge in [-0.3, -0.25) is 9.69 Å². The van der Waals surface area contributed by atoms with Gasteiger partial charge in [-0.05, 0) is 48.7 Å². The van der Waals surface area contributed by atoms with Crippen molar-refractivity contribution in [3.8, 4) is 17.2 Å². The van der Waals surface area contributed by atoms with Crippen molar-refractivity contribution in [3.63, 3.8) is 0 Å². The van der Waals surface area contributed by atoms with E-state index < -0.39 is 0 Å². The van der Waals surface area contributed by atoms with Crippen molar-refractivity contribution in [2.45, 2.75) is 19.9 Å². The van der Waals surface area contributed by atoms with E-state index in [-0.39, 0.29) is 11.5 Å². The second kappa shape index (κ2) is 8.93. The van der Waals surface area contributed by atoms with Crippen molar-refractivity contribution in [2.75, 3.05) is 20.4 Å². The topological polar surface area (TPSA) is 48.0 Å². The second-order valence-electron chi connectivity index (χ2n) is 8.22. The first-order chi connectivity index (χ1) is 16.0. The number of hydrogen-bond donors (Lipinski definition) is 0. The molecule has 168 valence electrons. The van der Waals surface area contributed by atoms with Gasteiger partial charge in [0.25, 0.3) is 0 Å². The fourth-order valence-electron chi connectivity index (χ4n) is 4.36. The SMILES string of the molecule is COc1ccccc1CCN1COc2c(cc3c(c2C)O/C(=C\c2ccccc2Cl)C3=O)C1. The Morgan fingerprint density at radius 1 is 1.12 bits per heavy atom. The van der Waals surface area contributed by atoms with Gasteiger partial charge in [0, 0.05) is 29.2 Å². The zero-order chi connectivity index (χ0) is 22.9. The number of carbonyl (C=O) groups excluding carboxylic acids is 1. The minimum atomic E-state index is -0.137. The molecule has 5 rings (SSSR count). The second-order valence-corrected chi connectivity index (χ2v) is 8.62. The third-order valence-electron chi connectivity index (χ3n) is 6.08. The summed E-state index contributed by atoms with van der Waals surface area (Å²) in [6.45, 7) is 3.94. The number of fused-ring (bicyclic) bond motifs is 2. The summed E-state index contributed by atoms with van der Waals surface area (Å²) in [5, 5.41) is 0.572. The van der Waals surface area contributed by atoms with E-state index in [2.05, 4.69) is 11.0 Å². The molecule has 0 saturated carbocycles. The van der Waals surface area contributed by atoms with Crippen LogP contribution in [0.4, 0.5) is 0 Å². The van der Waals surface area contributed by atoms with Crippen molar-refractivity contribution in [1.29, 1.82) is 0 Å². The molecule has 6 heteroatoms. The largest absolute Gasteiger partial charge is 0.496 e. The van der Waals surface area contributed by atoms with Gasteiger partial charge in [0.1, 0.15) is 24.0 Å². The number of methoxy groups -OCH3 is 1. The Bertz CT molecular complexity index is 1270. The lowest BCUT2D eigenvalue weighted by molar-refractivity contribution is 0.0952. The molecule has 0 unspecified atom stereocenters. The first-order valence-electron chi connectivity index (χ1n) is 10.9. The Morgan fingerprint density at radius 2 is 1.91 bits per heavy atom. The maximum Gasteiger partial charge on any atom is 0.231 e. The molecular weight excluding hydrogens is 438 g/mol. The lowest BCUT2D eigenvalue weighted by Crippen LogP contribution is -2.34. The van der Waals surface area contributed by atoms with E-state index in [1.807, 2.05) is 49.4 Å². The highest BCUT2D eigenvalue weighted by molar-refractivity contribution is 6.32. The van der Waals surface area contributed by atoms with Crippen LogP contribution in [0.25, 0.3) is 6.08 Å². The number of benzene rings is 3. The Hall–Kier alpha value is -3.28. The average Bonchev–Trinajstić information content (AvgIpc) is 3.15. The highest BCUT2D eigenvalue weighted by Crippen LogP contribution is 2.43. The first-order valence-corrected chi connectivity index (χ1v) is 11.2. The Labute approximate surface area is 198 Å². The van der Waals surface area contributed by atoms with Crippen molar-refractivity contribution >= 4 is 23.5 Å². The predicted molar refractivity (Wildman–Crippen MR) is 128 cm³/mol. The lowest BCUT2D eigenvalue weighted by Gasteiger charge is -2.30. The van der Waals surface area contributed by atoms with Crippen LogP contribution < -0.4 is 14.2 Å². The van der Waals surface area contributed by atoms with Crippen LogP contribution in [0.15, 0.2) is 60.4 Å². The van der Waals surface area contributed by atoms with Gasteiger partial charge in [-0.1, -0.05) is 48.0 Å². The lowest BCUT2D eigenvalue weighted by atomic mass is 9.99. The van der Waals surface area contributed by atoms with E-state index >= 15 is 0 Å². The molecule has 3 aromatic rings. The van der Waals surface area contributed by atoms with Crippen LogP contribution in [0.5, 0.6) is 17.2 Å². The summed E-state index contributed by atoms with van der Waals surface area (Å²) in [7, 11) is 1.69. The Balaban J connectivity index is 1.37. The molecule has 0 radical (unpaired) electrons. The number of ketones is 1. The molecular formula is C27H24ClNO4. The molecule has 0 spiro atoms. The standard InChI is InChI=1S/C27H24ClNO4/c1-17-26-20(15-29(16-32-26)12-11-18-7-4-6-10-23(18)31-2)13-21-25(30)24(33-27(17)21)14-19-8-3-5-9-22(19)28/h3-10,13-14H,11-12,15-16H2,1-2H3/b24-14-. The van der Waals surface area contributed by atoms with E-state index in [1.165, 1.54) is 0 Å². The van der Waals surface area contributed by atoms with Gasteiger partial charge in [0.2, 0.25) is 5.78 Å². The van der Waals surface area contributed by atoms with E-state index in [1.54, 1.807) is 19.3 Å². The summed E-state index contributed by atoms with van der Waals surface area (Å²) in [6.07, 6.45) is 2.54. The molecule has 0 atom stereocenters. The number of carbonyl (C=O) groups is 1. The van der Waals surface area contributed by atoms with Crippen molar-refractivity contribution in [3.05, 3.63) is 93.2 Å². The minimum absolute atomic E-state index is 0.137. The average molecular weight is 462 g/mol. The summed E-state index contributed by atoms with van der Waals surface area (Å²) in [4.78, 5) is 15.3. The molecule has 2 aliphatic heterocycles. The van der Waals surface area contributed by atoms with E-state index in [4.69, 9.17) is 25.8 Å². The van der Waals surface area contributed by atoms with Crippen LogP contribution in [-0.2, 0) is 13.0 Å². The highest BCUT2D eigenvalue weighted by atomic mass is 35.5. The quantitative estimate of drug-likeness (QED) is 0.458. The Kier molecular flexibility index (Phi) is 5.83. The predicted octanol–water partition coefficient (Wildman–Crippen LogP) is 5.67. The number of Topliss-reactive ketones (excluding diaryl/α,β-unsaturated/α-hetero) is 1. The molecule has 2 aliphatic rings. The zero-order valence-corrected chi connectivity index (χ0v) is 19.3. The van der Waals surface area contributed by atoms with Crippen LogP contribution in [0, 0.1) is 6.92 Å². The van der Waals surface area contributed by atoms with Crippen molar-refractivity contribution in [1.82, 2.24) is 4.90 Å².